The van der Waals surface area contributed by atoms with Gasteiger partial charge in [0.15, 0.2) is 24.0 Å². The second-order valence-electron chi connectivity index (χ2n) is 10.4. The molecule has 3 heterocycles. The lowest BCUT2D eigenvalue weighted by molar-refractivity contribution is -0.151. The number of para-hydroxylation sites is 2. The van der Waals surface area contributed by atoms with Crippen LogP contribution in [0.25, 0.3) is 11.0 Å². The van der Waals surface area contributed by atoms with Crippen LogP contribution in [0.5, 0.6) is 0 Å². The van der Waals surface area contributed by atoms with Gasteiger partial charge in [-0.15, -0.1) is 24.8 Å². The van der Waals surface area contributed by atoms with Gasteiger partial charge in [-0.3, -0.25) is 9.59 Å². The van der Waals surface area contributed by atoms with Gasteiger partial charge < -0.3 is 33.1 Å². The van der Waals surface area contributed by atoms with Crippen LogP contribution in [0.4, 0.5) is 0 Å². The maximum atomic E-state index is 14.1. The summed E-state index contributed by atoms with van der Waals surface area (Å²) in [5, 5.41) is 3.30. The van der Waals surface area contributed by atoms with Crippen molar-refractivity contribution in [2.24, 2.45) is 11.8 Å². The maximum absolute atomic E-state index is 14.1. The smallest absolute Gasteiger partial charge is 0.457 e. The number of halogens is 2. The summed E-state index contributed by atoms with van der Waals surface area (Å²) in [7, 11) is 1.68. The molecule has 41 heavy (non-hydrogen) atoms. The molecule has 1 N–H and O–H groups in total. The number of benzene rings is 1. The van der Waals surface area contributed by atoms with Gasteiger partial charge in [0.05, 0.1) is 17.0 Å². The zero-order valence-corrected chi connectivity index (χ0v) is 25.6. The zero-order chi connectivity index (χ0) is 27.9. The molecule has 11 nitrogen and oxygen atoms in total. The number of ether oxygens (including phenoxy) is 2. The van der Waals surface area contributed by atoms with Crippen LogP contribution in [0.2, 0.25) is 0 Å². The summed E-state index contributed by atoms with van der Waals surface area (Å²) in [6.07, 6.45) is 2.19. The number of hydrogen-bond donors (Lipinski definition) is 1. The molecule has 1 amide bonds. The number of fused-ring (bicyclic) bond motifs is 1. The standard InChI is InChI=1S/C28H38N4O7.2ClH/c1-18(2)16-32(21-13-20(14-29-15-21)27(34)37-17-24-19(3)38-28(35)39-24)26(33)25-30-22-9-5-6-10-23(22)31(25)11-7-8-12-36-4;;/h5-6,9-10,18,20-21,29H,7-8,11-17H2,1-4H3;2*1H/t20-,21+;;/m1../s1. The molecule has 1 aliphatic rings. The van der Waals surface area contributed by atoms with E-state index in [1.807, 2.05) is 33.7 Å². The fraction of sp³-hybridized carbons (Fsp3) is 0.571. The minimum absolute atomic E-state index is 0. The number of aromatic nitrogens is 2. The van der Waals surface area contributed by atoms with E-state index < -0.39 is 17.7 Å². The molecule has 1 aromatic carbocycles. The lowest BCUT2D eigenvalue weighted by Crippen LogP contribution is -2.54. The largest absolute Gasteiger partial charge is 0.519 e. The Labute approximate surface area is 251 Å². The molecule has 1 fully saturated rings. The topological polar surface area (TPSA) is 129 Å². The van der Waals surface area contributed by atoms with Crippen LogP contribution in [0.1, 0.15) is 55.2 Å². The first-order valence-electron chi connectivity index (χ1n) is 13.5. The molecule has 2 atom stereocenters. The molecule has 1 aliphatic heterocycles. The van der Waals surface area contributed by atoms with Crippen molar-refractivity contribution in [2.75, 3.05) is 33.4 Å². The minimum Gasteiger partial charge on any atom is -0.457 e. The predicted molar refractivity (Wildman–Crippen MR) is 158 cm³/mol. The number of aryl methyl sites for hydroxylation is 2. The number of piperidine rings is 1. The molecule has 0 bridgehead atoms. The van der Waals surface area contributed by atoms with Crippen molar-refractivity contribution in [1.29, 1.82) is 0 Å². The number of rotatable bonds is 12. The first-order valence-corrected chi connectivity index (χ1v) is 13.5. The van der Waals surface area contributed by atoms with Gasteiger partial charge in [-0.2, -0.15) is 0 Å². The third-order valence-electron chi connectivity index (χ3n) is 6.93. The molecule has 1 saturated heterocycles. The van der Waals surface area contributed by atoms with E-state index in [1.165, 1.54) is 0 Å². The Balaban J connectivity index is 0.00000294. The molecule has 13 heteroatoms. The third kappa shape index (κ3) is 8.57. The second-order valence-corrected chi connectivity index (χ2v) is 10.4. The van der Waals surface area contributed by atoms with Crippen molar-refractivity contribution in [1.82, 2.24) is 19.8 Å². The fourth-order valence-electron chi connectivity index (χ4n) is 5.00. The number of nitrogens with one attached hydrogen (secondary N) is 1. The minimum atomic E-state index is -0.828. The number of methoxy groups -OCH3 is 1. The maximum Gasteiger partial charge on any atom is 0.519 e. The average Bonchev–Trinajstić information content (AvgIpc) is 3.46. The van der Waals surface area contributed by atoms with Crippen molar-refractivity contribution < 1.29 is 27.9 Å². The van der Waals surface area contributed by atoms with E-state index in [4.69, 9.17) is 23.3 Å². The highest BCUT2D eigenvalue weighted by Gasteiger charge is 2.36. The van der Waals surface area contributed by atoms with E-state index in [1.54, 1.807) is 14.0 Å². The number of carbonyl (C=O) groups excluding carboxylic acids is 2. The Morgan fingerprint density at radius 2 is 1.93 bits per heavy atom. The van der Waals surface area contributed by atoms with Crippen LogP contribution < -0.4 is 11.1 Å². The monoisotopic (exact) mass is 614 g/mol. The summed E-state index contributed by atoms with van der Waals surface area (Å²) in [6.45, 7) is 8.37. The molecule has 0 aliphatic carbocycles. The highest BCUT2D eigenvalue weighted by molar-refractivity contribution is 5.95. The highest BCUT2D eigenvalue weighted by Crippen LogP contribution is 2.24. The quantitative estimate of drug-likeness (QED) is 0.238. The van der Waals surface area contributed by atoms with Crippen molar-refractivity contribution in [3.63, 3.8) is 0 Å². The van der Waals surface area contributed by atoms with E-state index in [-0.39, 0.29) is 60.8 Å². The SMILES string of the molecule is COCCCCn1c(C(=O)N(CC(C)C)[C@@H]2CNC[C@H](C(=O)OCc3oc(=O)oc3C)C2)nc2ccccc21.Cl.Cl. The number of carbonyl (C=O) groups is 2. The summed E-state index contributed by atoms with van der Waals surface area (Å²) >= 11 is 0. The Kier molecular flexibility index (Phi) is 13.4. The first-order chi connectivity index (χ1) is 18.8. The van der Waals surface area contributed by atoms with Gasteiger partial charge in [0.1, 0.15) is 0 Å². The first kappa shape index (κ1) is 34.3. The van der Waals surface area contributed by atoms with Crippen LogP contribution in [-0.4, -0.2) is 65.7 Å². The van der Waals surface area contributed by atoms with Gasteiger partial charge in [0, 0.05) is 45.9 Å². The van der Waals surface area contributed by atoms with E-state index >= 15 is 0 Å². The number of hydrogen-bond acceptors (Lipinski definition) is 9. The molecule has 2 aromatic heterocycles. The Morgan fingerprint density at radius 3 is 2.61 bits per heavy atom. The molecule has 228 valence electrons. The van der Waals surface area contributed by atoms with Crippen molar-refractivity contribution >= 4 is 47.7 Å². The number of amides is 1. The molecular weight excluding hydrogens is 575 g/mol. The normalized spacial score (nSPS) is 16.7. The second kappa shape index (κ2) is 16.0. The Morgan fingerprint density at radius 1 is 1.17 bits per heavy atom. The third-order valence-corrected chi connectivity index (χ3v) is 6.93. The Hall–Kier alpha value is -2.86. The molecule has 0 unspecified atom stereocenters. The van der Waals surface area contributed by atoms with Crippen molar-refractivity contribution in [3.8, 4) is 0 Å². The number of esters is 1. The van der Waals surface area contributed by atoms with Gasteiger partial charge in [-0.1, -0.05) is 26.0 Å². The highest BCUT2D eigenvalue weighted by atomic mass is 35.5. The molecule has 0 radical (unpaired) electrons. The molecular formula is C28H40Cl2N4O7. The lowest BCUT2D eigenvalue weighted by Gasteiger charge is -2.38. The van der Waals surface area contributed by atoms with Crippen LogP contribution in [-0.2, 0) is 27.4 Å². The summed E-state index contributed by atoms with van der Waals surface area (Å²) in [4.78, 5) is 44.9. The van der Waals surface area contributed by atoms with Crippen molar-refractivity contribution in [2.45, 2.75) is 59.2 Å². The van der Waals surface area contributed by atoms with E-state index in [0.29, 0.717) is 45.0 Å². The summed E-state index contributed by atoms with van der Waals surface area (Å²) < 4.78 is 22.4. The van der Waals surface area contributed by atoms with Crippen LogP contribution in [0, 0.1) is 18.8 Å². The zero-order valence-electron chi connectivity index (χ0n) is 23.9. The molecule has 0 saturated carbocycles. The van der Waals surface area contributed by atoms with Gasteiger partial charge in [0.25, 0.3) is 5.91 Å². The van der Waals surface area contributed by atoms with Gasteiger partial charge >= 0.3 is 11.8 Å². The lowest BCUT2D eigenvalue weighted by atomic mass is 9.94. The summed E-state index contributed by atoms with van der Waals surface area (Å²) in [5.74, 6) is -0.761. The number of unbranched alkanes of at least 4 members (excludes halogenated alkanes) is 1. The molecule has 4 rings (SSSR count). The average molecular weight is 616 g/mol. The summed E-state index contributed by atoms with van der Waals surface area (Å²) in [6, 6.07) is 7.56. The number of nitrogens with zero attached hydrogens (tertiary/aromatic N) is 3. The fourth-order valence-corrected chi connectivity index (χ4v) is 5.00. The van der Waals surface area contributed by atoms with Crippen LogP contribution in [0.15, 0.2) is 37.9 Å². The van der Waals surface area contributed by atoms with E-state index in [9.17, 15) is 14.4 Å². The summed E-state index contributed by atoms with van der Waals surface area (Å²) in [5.41, 5.74) is 1.70. The molecule has 0 spiro atoms. The predicted octanol–water partition coefficient (Wildman–Crippen LogP) is 3.98. The van der Waals surface area contributed by atoms with Gasteiger partial charge in [-0.25, -0.2) is 9.78 Å². The van der Waals surface area contributed by atoms with Crippen LogP contribution in [0.3, 0.4) is 0 Å². The van der Waals surface area contributed by atoms with Gasteiger partial charge in [0.2, 0.25) is 0 Å². The van der Waals surface area contributed by atoms with Crippen LogP contribution >= 0.6 is 24.8 Å². The number of imidazole rings is 1. The van der Waals surface area contributed by atoms with Gasteiger partial charge in [-0.05, 0) is 44.2 Å². The molecule has 3 aromatic rings. The van der Waals surface area contributed by atoms with E-state index in [0.717, 1.165) is 23.9 Å². The van der Waals surface area contributed by atoms with Crippen molar-refractivity contribution in [3.05, 3.63) is 52.2 Å². The Bertz CT molecular complexity index is 1340. The van der Waals surface area contributed by atoms with E-state index in [2.05, 4.69) is 19.2 Å².